The van der Waals surface area contributed by atoms with E-state index in [0.29, 0.717) is 11.7 Å². The predicted molar refractivity (Wildman–Crippen MR) is 54.9 cm³/mol. The summed E-state index contributed by atoms with van der Waals surface area (Å²) in [7, 11) is 0. The molecule has 0 unspecified atom stereocenters. The number of pyridine rings is 1. The van der Waals surface area contributed by atoms with Crippen molar-refractivity contribution >= 4 is 11.5 Å². The summed E-state index contributed by atoms with van der Waals surface area (Å²) in [5.41, 5.74) is 4.72. The third-order valence-electron chi connectivity index (χ3n) is 2.50. The Morgan fingerprint density at radius 2 is 2.12 bits per heavy atom. The van der Waals surface area contributed by atoms with Gasteiger partial charge in [-0.25, -0.2) is 4.98 Å². The summed E-state index contributed by atoms with van der Waals surface area (Å²) in [6.07, 6.45) is -1.27. The molecule has 0 amide bonds. The van der Waals surface area contributed by atoms with Crippen molar-refractivity contribution in [2.24, 2.45) is 5.92 Å². The molecule has 1 aromatic rings. The van der Waals surface area contributed by atoms with E-state index in [4.69, 9.17) is 5.73 Å². The van der Waals surface area contributed by atoms with Crippen LogP contribution in [0.25, 0.3) is 0 Å². The van der Waals surface area contributed by atoms with Gasteiger partial charge in [0, 0.05) is 12.7 Å². The maximum absolute atomic E-state index is 12.3. The molecule has 1 heterocycles. The van der Waals surface area contributed by atoms with E-state index in [2.05, 4.69) is 10.3 Å². The second-order valence-corrected chi connectivity index (χ2v) is 3.98. The Hall–Kier alpha value is -1.46. The van der Waals surface area contributed by atoms with E-state index in [9.17, 15) is 13.2 Å². The monoisotopic (exact) mass is 231 g/mol. The quantitative estimate of drug-likeness (QED) is 0.840. The van der Waals surface area contributed by atoms with Gasteiger partial charge in [-0.15, -0.1) is 0 Å². The molecule has 2 rings (SSSR count). The van der Waals surface area contributed by atoms with E-state index in [1.54, 1.807) is 0 Å². The van der Waals surface area contributed by atoms with E-state index in [1.807, 2.05) is 0 Å². The summed E-state index contributed by atoms with van der Waals surface area (Å²) in [5, 5.41) is 2.95. The molecule has 0 radical (unpaired) electrons. The van der Waals surface area contributed by atoms with Gasteiger partial charge in [0.25, 0.3) is 0 Å². The fourth-order valence-corrected chi connectivity index (χ4v) is 1.35. The van der Waals surface area contributed by atoms with Crippen molar-refractivity contribution in [3.8, 4) is 0 Å². The number of aromatic nitrogens is 1. The molecule has 1 aliphatic rings. The van der Waals surface area contributed by atoms with Crippen LogP contribution in [-0.4, -0.2) is 11.5 Å². The van der Waals surface area contributed by atoms with Crippen LogP contribution in [0, 0.1) is 5.92 Å². The van der Waals surface area contributed by atoms with Crippen LogP contribution >= 0.6 is 0 Å². The number of alkyl halides is 3. The first-order chi connectivity index (χ1) is 7.47. The van der Waals surface area contributed by atoms with Gasteiger partial charge in [-0.3, -0.25) is 0 Å². The van der Waals surface area contributed by atoms with Crippen molar-refractivity contribution in [3.63, 3.8) is 0 Å². The number of halogens is 3. The van der Waals surface area contributed by atoms with Gasteiger partial charge in [0.1, 0.15) is 5.82 Å². The summed E-state index contributed by atoms with van der Waals surface area (Å²) in [5.74, 6) is 0.948. The smallest absolute Gasteiger partial charge is 0.396 e. The van der Waals surface area contributed by atoms with Gasteiger partial charge < -0.3 is 11.1 Å². The fourth-order valence-electron chi connectivity index (χ4n) is 1.35. The van der Waals surface area contributed by atoms with Crippen LogP contribution in [0.1, 0.15) is 18.4 Å². The number of hydrogen-bond acceptors (Lipinski definition) is 3. The summed E-state index contributed by atoms with van der Waals surface area (Å²) in [4.78, 5) is 3.69. The predicted octanol–water partition coefficient (Wildman–Crippen LogP) is 2.50. The third-order valence-corrected chi connectivity index (χ3v) is 2.50. The Kier molecular flexibility index (Phi) is 2.65. The molecule has 0 aromatic carbocycles. The third kappa shape index (κ3) is 2.56. The Morgan fingerprint density at radius 3 is 2.62 bits per heavy atom. The van der Waals surface area contributed by atoms with Crippen molar-refractivity contribution in [2.75, 3.05) is 17.6 Å². The number of nitrogens with one attached hydrogen (secondary N) is 1. The standard InChI is InChI=1S/C10H12F3N3/c11-10(12,13)7-3-8(14)9(16-5-7)15-4-6-1-2-6/h3,5-6H,1-2,4,14H2,(H,15,16). The average Bonchev–Trinajstić information content (AvgIpc) is 2.98. The van der Waals surface area contributed by atoms with Gasteiger partial charge >= 0.3 is 6.18 Å². The molecule has 88 valence electrons. The number of nitrogen functional groups attached to an aromatic ring is 1. The molecule has 0 bridgehead atoms. The zero-order valence-electron chi connectivity index (χ0n) is 8.51. The van der Waals surface area contributed by atoms with Crippen molar-refractivity contribution in [3.05, 3.63) is 17.8 Å². The summed E-state index contributed by atoms with van der Waals surface area (Å²) in [6.45, 7) is 0.725. The van der Waals surface area contributed by atoms with Crippen molar-refractivity contribution < 1.29 is 13.2 Å². The van der Waals surface area contributed by atoms with Crippen molar-refractivity contribution in [1.29, 1.82) is 0 Å². The Bertz CT molecular complexity index is 385. The first-order valence-corrected chi connectivity index (χ1v) is 5.03. The van der Waals surface area contributed by atoms with Gasteiger partial charge in [0.15, 0.2) is 0 Å². The fraction of sp³-hybridized carbons (Fsp3) is 0.500. The molecule has 0 atom stereocenters. The molecule has 3 nitrogen and oxygen atoms in total. The van der Waals surface area contributed by atoms with E-state index >= 15 is 0 Å². The van der Waals surface area contributed by atoms with E-state index in [1.165, 1.54) is 0 Å². The Morgan fingerprint density at radius 1 is 1.44 bits per heavy atom. The average molecular weight is 231 g/mol. The minimum Gasteiger partial charge on any atom is -0.396 e. The lowest BCUT2D eigenvalue weighted by Crippen LogP contribution is -2.11. The van der Waals surface area contributed by atoms with Gasteiger partial charge in [0.05, 0.1) is 11.3 Å². The van der Waals surface area contributed by atoms with Gasteiger partial charge in [-0.2, -0.15) is 13.2 Å². The number of nitrogens with two attached hydrogens (primary N) is 1. The van der Waals surface area contributed by atoms with Crippen molar-refractivity contribution in [2.45, 2.75) is 19.0 Å². The first-order valence-electron chi connectivity index (χ1n) is 5.03. The summed E-state index contributed by atoms with van der Waals surface area (Å²) >= 11 is 0. The molecule has 1 fully saturated rings. The second kappa shape index (κ2) is 3.84. The number of rotatable bonds is 3. The summed E-state index contributed by atoms with van der Waals surface area (Å²) in [6, 6.07) is 0.905. The topological polar surface area (TPSA) is 50.9 Å². The molecule has 16 heavy (non-hydrogen) atoms. The highest BCUT2D eigenvalue weighted by atomic mass is 19.4. The van der Waals surface area contributed by atoms with Crippen LogP contribution in [0.5, 0.6) is 0 Å². The number of anilines is 2. The summed E-state index contributed by atoms with van der Waals surface area (Å²) < 4.78 is 36.9. The molecular formula is C10H12F3N3. The van der Waals surface area contributed by atoms with E-state index < -0.39 is 11.7 Å². The van der Waals surface area contributed by atoms with Crippen LogP contribution in [0.15, 0.2) is 12.3 Å². The minimum atomic E-state index is -4.39. The lowest BCUT2D eigenvalue weighted by molar-refractivity contribution is -0.137. The highest BCUT2D eigenvalue weighted by Crippen LogP contribution is 2.32. The van der Waals surface area contributed by atoms with Crippen LogP contribution in [0.3, 0.4) is 0 Å². The first kappa shape index (κ1) is 11.0. The van der Waals surface area contributed by atoms with Gasteiger partial charge in [-0.05, 0) is 24.8 Å². The minimum absolute atomic E-state index is 0.0375. The normalized spacial score (nSPS) is 16.2. The van der Waals surface area contributed by atoms with Crippen LogP contribution in [0.4, 0.5) is 24.7 Å². The molecule has 0 aliphatic heterocycles. The lowest BCUT2D eigenvalue weighted by atomic mass is 10.2. The number of nitrogens with zero attached hydrogens (tertiary/aromatic N) is 1. The van der Waals surface area contributed by atoms with Crippen LogP contribution in [-0.2, 0) is 6.18 Å². The van der Waals surface area contributed by atoms with Crippen LogP contribution < -0.4 is 11.1 Å². The zero-order chi connectivity index (χ0) is 11.8. The molecule has 0 spiro atoms. The second-order valence-electron chi connectivity index (χ2n) is 3.98. The maximum atomic E-state index is 12.3. The molecule has 1 saturated carbocycles. The molecule has 3 N–H and O–H groups in total. The lowest BCUT2D eigenvalue weighted by Gasteiger charge is -2.11. The maximum Gasteiger partial charge on any atom is 0.417 e. The SMILES string of the molecule is Nc1cc(C(F)(F)F)cnc1NCC1CC1. The van der Waals surface area contributed by atoms with E-state index in [-0.39, 0.29) is 5.69 Å². The highest BCUT2D eigenvalue weighted by molar-refractivity contribution is 5.62. The molecule has 6 heteroatoms. The van der Waals surface area contributed by atoms with Gasteiger partial charge in [0.2, 0.25) is 0 Å². The number of hydrogen-bond donors (Lipinski definition) is 2. The molecule has 1 aromatic heterocycles. The van der Waals surface area contributed by atoms with Crippen molar-refractivity contribution in [1.82, 2.24) is 4.98 Å². The molecular weight excluding hydrogens is 219 g/mol. The highest BCUT2D eigenvalue weighted by Gasteiger charge is 2.31. The Balaban J connectivity index is 2.09. The molecule has 1 aliphatic carbocycles. The largest absolute Gasteiger partial charge is 0.417 e. The van der Waals surface area contributed by atoms with Gasteiger partial charge in [-0.1, -0.05) is 0 Å². The zero-order valence-corrected chi connectivity index (χ0v) is 8.51. The van der Waals surface area contributed by atoms with E-state index in [0.717, 1.165) is 31.6 Å². The Labute approximate surface area is 90.9 Å². The van der Waals surface area contributed by atoms with Crippen LogP contribution in [0.2, 0.25) is 0 Å². The molecule has 0 saturated heterocycles.